The number of nitrogens with two attached hydrogens (primary N) is 1. The first-order valence-electron chi connectivity index (χ1n) is 5.47. The Bertz CT molecular complexity index is 326. The molecule has 1 aromatic heterocycles. The molecule has 5 heteroatoms. The van der Waals surface area contributed by atoms with Crippen molar-refractivity contribution in [1.82, 2.24) is 10.1 Å². The van der Waals surface area contributed by atoms with E-state index < -0.39 is 0 Å². The number of aromatic nitrogens is 2. The highest BCUT2D eigenvalue weighted by Gasteiger charge is 2.42. The molecule has 84 valence electrons. The summed E-state index contributed by atoms with van der Waals surface area (Å²) in [6, 6.07) is 0. The lowest BCUT2D eigenvalue weighted by Crippen LogP contribution is -2.41. The predicted octanol–water partition coefficient (Wildman–Crippen LogP) is 0.906. The average Bonchev–Trinajstić information content (AvgIpc) is 2.65. The summed E-state index contributed by atoms with van der Waals surface area (Å²) >= 11 is 0. The molecule has 1 aliphatic rings. The van der Waals surface area contributed by atoms with E-state index in [9.17, 15) is 0 Å². The first kappa shape index (κ1) is 10.4. The largest absolute Gasteiger partial charge is 0.342 e. The highest BCUT2D eigenvalue weighted by Crippen LogP contribution is 2.42. The Labute approximate surface area is 89.6 Å². The van der Waals surface area contributed by atoms with E-state index >= 15 is 0 Å². The van der Waals surface area contributed by atoms with Crippen molar-refractivity contribution in [3.05, 3.63) is 5.89 Å². The first-order chi connectivity index (χ1) is 7.22. The summed E-state index contributed by atoms with van der Waals surface area (Å²) in [6.07, 6.45) is 3.35. The van der Waals surface area contributed by atoms with Crippen LogP contribution in [0.4, 0.5) is 5.95 Å². The smallest absolute Gasteiger partial charge is 0.265 e. The molecule has 0 amide bonds. The molecule has 0 spiro atoms. The fourth-order valence-corrected chi connectivity index (χ4v) is 1.84. The zero-order chi connectivity index (χ0) is 10.9. The van der Waals surface area contributed by atoms with Crippen molar-refractivity contribution in [2.24, 2.45) is 5.73 Å². The highest BCUT2D eigenvalue weighted by atomic mass is 16.5. The van der Waals surface area contributed by atoms with Gasteiger partial charge in [-0.25, -0.2) is 0 Å². The molecule has 1 aliphatic carbocycles. The molecule has 15 heavy (non-hydrogen) atoms. The minimum atomic E-state index is -0.0279. The van der Waals surface area contributed by atoms with Gasteiger partial charge in [-0.1, -0.05) is 6.42 Å². The minimum Gasteiger partial charge on any atom is -0.342 e. The number of rotatable bonds is 4. The van der Waals surface area contributed by atoms with Gasteiger partial charge in [0.15, 0.2) is 0 Å². The van der Waals surface area contributed by atoms with Gasteiger partial charge >= 0.3 is 0 Å². The minimum absolute atomic E-state index is 0.0279. The Balaban J connectivity index is 2.19. The molecule has 0 unspecified atom stereocenters. The molecule has 0 aliphatic heterocycles. The van der Waals surface area contributed by atoms with Gasteiger partial charge in [-0.3, -0.25) is 0 Å². The third-order valence-electron chi connectivity index (χ3n) is 3.39. The molecule has 0 saturated heterocycles. The molecule has 1 saturated carbocycles. The van der Waals surface area contributed by atoms with Crippen molar-refractivity contribution < 1.29 is 4.52 Å². The van der Waals surface area contributed by atoms with Crippen molar-refractivity contribution in [3.63, 3.8) is 0 Å². The fourth-order valence-electron chi connectivity index (χ4n) is 1.84. The zero-order valence-corrected chi connectivity index (χ0v) is 9.36. The number of hydrogen-bond donors (Lipinski definition) is 1. The molecule has 5 nitrogen and oxygen atoms in total. The first-order valence-corrected chi connectivity index (χ1v) is 5.47. The molecule has 1 aromatic rings. The van der Waals surface area contributed by atoms with Gasteiger partial charge in [-0.15, -0.1) is 0 Å². The summed E-state index contributed by atoms with van der Waals surface area (Å²) in [4.78, 5) is 6.37. The number of hydrogen-bond acceptors (Lipinski definition) is 5. The quantitative estimate of drug-likeness (QED) is 0.799. The van der Waals surface area contributed by atoms with Crippen molar-refractivity contribution in [2.75, 3.05) is 25.0 Å². The van der Waals surface area contributed by atoms with Crippen LogP contribution in [0.5, 0.6) is 0 Å². The molecule has 0 aromatic carbocycles. The highest BCUT2D eigenvalue weighted by molar-refractivity contribution is 5.27. The summed E-state index contributed by atoms with van der Waals surface area (Å²) in [7, 11) is 1.95. The van der Waals surface area contributed by atoms with Crippen LogP contribution < -0.4 is 10.6 Å². The van der Waals surface area contributed by atoms with E-state index in [0.29, 0.717) is 18.4 Å². The Morgan fingerprint density at radius 1 is 1.53 bits per heavy atom. The summed E-state index contributed by atoms with van der Waals surface area (Å²) in [6.45, 7) is 3.52. The predicted molar refractivity (Wildman–Crippen MR) is 57.8 cm³/mol. The van der Waals surface area contributed by atoms with Gasteiger partial charge in [-0.05, 0) is 24.9 Å². The van der Waals surface area contributed by atoms with E-state index in [2.05, 4.69) is 17.1 Å². The lowest BCUT2D eigenvalue weighted by molar-refractivity contribution is 0.182. The molecule has 0 radical (unpaired) electrons. The summed E-state index contributed by atoms with van der Waals surface area (Å²) in [5.74, 6) is 1.37. The molecule has 0 atom stereocenters. The summed E-state index contributed by atoms with van der Waals surface area (Å²) < 4.78 is 5.30. The van der Waals surface area contributed by atoms with Gasteiger partial charge in [0.1, 0.15) is 0 Å². The summed E-state index contributed by atoms with van der Waals surface area (Å²) in [5, 5.41) is 3.97. The van der Waals surface area contributed by atoms with Crippen LogP contribution in [0.15, 0.2) is 4.52 Å². The second kappa shape index (κ2) is 3.81. The maximum atomic E-state index is 5.78. The van der Waals surface area contributed by atoms with Crippen LogP contribution in [0, 0.1) is 0 Å². The van der Waals surface area contributed by atoms with Gasteiger partial charge < -0.3 is 15.2 Å². The Hall–Kier alpha value is -1.10. The second-order valence-corrected chi connectivity index (χ2v) is 4.25. The van der Waals surface area contributed by atoms with Crippen LogP contribution in [0.1, 0.15) is 32.1 Å². The van der Waals surface area contributed by atoms with Crippen molar-refractivity contribution in [2.45, 2.75) is 31.6 Å². The third kappa shape index (κ3) is 1.61. The SMILES string of the molecule is CCN(C)c1noc(C2(CN)CCC2)n1. The van der Waals surface area contributed by atoms with E-state index in [-0.39, 0.29) is 5.41 Å². The lowest BCUT2D eigenvalue weighted by Gasteiger charge is -2.36. The molecule has 1 fully saturated rings. The van der Waals surface area contributed by atoms with Crippen LogP contribution in [0.3, 0.4) is 0 Å². The maximum absolute atomic E-state index is 5.78. The average molecular weight is 210 g/mol. The molecule has 1 heterocycles. The van der Waals surface area contributed by atoms with Crippen molar-refractivity contribution in [3.8, 4) is 0 Å². The van der Waals surface area contributed by atoms with Crippen LogP contribution in [-0.4, -0.2) is 30.3 Å². The molecular weight excluding hydrogens is 192 g/mol. The Kier molecular flexibility index (Phi) is 2.65. The zero-order valence-electron chi connectivity index (χ0n) is 9.36. The molecule has 2 rings (SSSR count). The molecule has 2 N–H and O–H groups in total. The monoisotopic (exact) mass is 210 g/mol. The second-order valence-electron chi connectivity index (χ2n) is 4.25. The van der Waals surface area contributed by atoms with Gasteiger partial charge in [0, 0.05) is 20.1 Å². The van der Waals surface area contributed by atoms with Crippen molar-refractivity contribution >= 4 is 5.95 Å². The molecule has 0 bridgehead atoms. The van der Waals surface area contributed by atoms with Crippen LogP contribution in [-0.2, 0) is 5.41 Å². The fraction of sp³-hybridized carbons (Fsp3) is 0.800. The van der Waals surface area contributed by atoms with Gasteiger partial charge in [0.2, 0.25) is 5.89 Å². The number of nitrogens with zero attached hydrogens (tertiary/aromatic N) is 3. The molecular formula is C10H18N4O. The van der Waals surface area contributed by atoms with E-state index in [4.69, 9.17) is 10.3 Å². The Morgan fingerprint density at radius 2 is 2.27 bits per heavy atom. The van der Waals surface area contributed by atoms with Crippen molar-refractivity contribution in [1.29, 1.82) is 0 Å². The van der Waals surface area contributed by atoms with Gasteiger partial charge in [0.25, 0.3) is 5.95 Å². The van der Waals surface area contributed by atoms with Gasteiger partial charge in [-0.2, -0.15) is 4.98 Å². The van der Waals surface area contributed by atoms with Gasteiger partial charge in [0.05, 0.1) is 5.41 Å². The third-order valence-corrected chi connectivity index (χ3v) is 3.39. The maximum Gasteiger partial charge on any atom is 0.265 e. The lowest BCUT2D eigenvalue weighted by atomic mass is 9.69. The standard InChI is InChI=1S/C10H18N4O/c1-3-14(2)9-12-8(15-13-9)10(7-11)5-4-6-10/h3-7,11H2,1-2H3. The Morgan fingerprint density at radius 3 is 2.73 bits per heavy atom. The van der Waals surface area contributed by atoms with Crippen LogP contribution >= 0.6 is 0 Å². The van der Waals surface area contributed by atoms with E-state index in [1.165, 1.54) is 6.42 Å². The van der Waals surface area contributed by atoms with E-state index in [1.54, 1.807) is 0 Å². The normalized spacial score (nSPS) is 18.6. The van der Waals surface area contributed by atoms with Crippen LogP contribution in [0.2, 0.25) is 0 Å². The topological polar surface area (TPSA) is 68.2 Å². The summed E-state index contributed by atoms with van der Waals surface area (Å²) in [5.41, 5.74) is 5.75. The number of anilines is 1. The van der Waals surface area contributed by atoms with Crippen LogP contribution in [0.25, 0.3) is 0 Å². The van der Waals surface area contributed by atoms with E-state index in [1.807, 2.05) is 11.9 Å². The van der Waals surface area contributed by atoms with E-state index in [0.717, 1.165) is 19.4 Å².